The lowest BCUT2D eigenvalue weighted by Crippen LogP contribution is -2.41. The summed E-state index contributed by atoms with van der Waals surface area (Å²) in [4.78, 5) is 10.7. The summed E-state index contributed by atoms with van der Waals surface area (Å²) in [6, 6.07) is 6.09. The summed E-state index contributed by atoms with van der Waals surface area (Å²) in [6.45, 7) is 1.87. The number of ether oxygens (including phenoxy) is 1. The van der Waals surface area contributed by atoms with Gasteiger partial charge in [-0.1, -0.05) is 12.1 Å². The lowest BCUT2D eigenvalue weighted by molar-refractivity contribution is 0.0697. The van der Waals surface area contributed by atoms with Gasteiger partial charge in [0.1, 0.15) is 0 Å². The van der Waals surface area contributed by atoms with Crippen LogP contribution >= 0.6 is 0 Å². The summed E-state index contributed by atoms with van der Waals surface area (Å²) in [6.07, 6.45) is 0.675. The molecule has 0 spiro atoms. The molecule has 1 aliphatic rings. The van der Waals surface area contributed by atoms with Crippen LogP contribution in [0.5, 0.6) is 0 Å². The highest BCUT2D eigenvalue weighted by atomic mass is 32.2. The smallest absolute Gasteiger partial charge is 0.335 e. The Morgan fingerprint density at radius 1 is 1.24 bits per heavy atom. The lowest BCUT2D eigenvalue weighted by Gasteiger charge is -2.19. The molecule has 0 bridgehead atoms. The Hall–Kier alpha value is -1.48. The van der Waals surface area contributed by atoms with Crippen molar-refractivity contribution in [3.05, 3.63) is 35.4 Å². The number of nitrogens with one attached hydrogen (secondary N) is 1. The highest BCUT2D eigenvalue weighted by molar-refractivity contribution is 7.87. The van der Waals surface area contributed by atoms with E-state index in [1.807, 2.05) is 0 Å². The Bertz CT molecular complexity index is 577. The van der Waals surface area contributed by atoms with Crippen LogP contribution in [0.2, 0.25) is 0 Å². The molecule has 1 saturated heterocycles. The van der Waals surface area contributed by atoms with Gasteiger partial charge in [0, 0.05) is 26.2 Å². The van der Waals surface area contributed by atoms with Crippen molar-refractivity contribution in [1.29, 1.82) is 0 Å². The van der Waals surface area contributed by atoms with E-state index in [1.54, 1.807) is 12.1 Å². The Balaban J connectivity index is 1.95. The van der Waals surface area contributed by atoms with Gasteiger partial charge in [-0.05, 0) is 24.1 Å². The predicted octanol–water partition coefficient (Wildman–Crippen LogP) is 0.442. The normalized spacial score (nSPS) is 17.3. The van der Waals surface area contributed by atoms with Gasteiger partial charge in [0.05, 0.1) is 12.2 Å². The lowest BCUT2D eigenvalue weighted by atomic mass is 10.1. The number of carboxylic acids is 1. The first kappa shape index (κ1) is 15.9. The second-order valence-electron chi connectivity index (χ2n) is 4.69. The molecule has 2 N–H and O–H groups in total. The zero-order valence-corrected chi connectivity index (χ0v) is 12.3. The van der Waals surface area contributed by atoms with Gasteiger partial charge in [0.15, 0.2) is 0 Å². The van der Waals surface area contributed by atoms with Gasteiger partial charge >= 0.3 is 5.97 Å². The third-order valence-electron chi connectivity index (χ3n) is 3.18. The molecule has 0 radical (unpaired) electrons. The first-order chi connectivity index (χ1) is 9.99. The molecule has 0 unspecified atom stereocenters. The van der Waals surface area contributed by atoms with E-state index in [0.717, 1.165) is 0 Å². The van der Waals surface area contributed by atoms with E-state index in [0.29, 0.717) is 38.3 Å². The quantitative estimate of drug-likeness (QED) is 0.822. The second kappa shape index (κ2) is 6.99. The van der Waals surface area contributed by atoms with E-state index in [4.69, 9.17) is 9.84 Å². The van der Waals surface area contributed by atoms with Gasteiger partial charge in [-0.25, -0.2) is 4.79 Å². The number of carbonyl (C=O) groups is 1. The molecule has 1 aliphatic heterocycles. The average Bonchev–Trinajstić information content (AvgIpc) is 2.75. The molecule has 0 saturated carbocycles. The monoisotopic (exact) mass is 314 g/mol. The zero-order valence-electron chi connectivity index (χ0n) is 11.5. The molecule has 116 valence electrons. The largest absolute Gasteiger partial charge is 0.478 e. The van der Waals surface area contributed by atoms with Crippen LogP contribution in [-0.2, 0) is 21.5 Å². The highest BCUT2D eigenvalue weighted by Gasteiger charge is 2.22. The topological polar surface area (TPSA) is 95.9 Å². The fourth-order valence-corrected chi connectivity index (χ4v) is 3.21. The maximum Gasteiger partial charge on any atom is 0.335 e. The minimum absolute atomic E-state index is 0.125. The van der Waals surface area contributed by atoms with Crippen LogP contribution < -0.4 is 4.72 Å². The summed E-state index contributed by atoms with van der Waals surface area (Å²) in [5, 5.41) is 8.80. The van der Waals surface area contributed by atoms with Crippen LogP contribution in [-0.4, -0.2) is 50.1 Å². The van der Waals surface area contributed by atoms with Crippen molar-refractivity contribution in [2.75, 3.05) is 26.3 Å². The van der Waals surface area contributed by atoms with Gasteiger partial charge in [0.2, 0.25) is 0 Å². The summed E-state index contributed by atoms with van der Waals surface area (Å²) in [5.41, 5.74) is 0.876. The minimum atomic E-state index is -3.54. The fraction of sp³-hybridized carbons (Fsp3) is 0.462. The van der Waals surface area contributed by atoms with Crippen molar-refractivity contribution in [3.8, 4) is 0 Å². The molecule has 8 heteroatoms. The molecule has 0 aromatic heterocycles. The van der Waals surface area contributed by atoms with E-state index >= 15 is 0 Å². The summed E-state index contributed by atoms with van der Waals surface area (Å²) < 4.78 is 33.4. The highest BCUT2D eigenvalue weighted by Crippen LogP contribution is 2.08. The van der Waals surface area contributed by atoms with E-state index in [2.05, 4.69) is 4.72 Å². The minimum Gasteiger partial charge on any atom is -0.478 e. The second-order valence-corrected chi connectivity index (χ2v) is 6.45. The van der Waals surface area contributed by atoms with E-state index in [1.165, 1.54) is 16.4 Å². The SMILES string of the molecule is O=C(O)c1ccc(CNS(=O)(=O)N2CCCOCC2)cc1. The van der Waals surface area contributed by atoms with Crippen molar-refractivity contribution >= 4 is 16.2 Å². The Morgan fingerprint density at radius 3 is 2.62 bits per heavy atom. The van der Waals surface area contributed by atoms with Crippen LogP contribution in [0.25, 0.3) is 0 Å². The molecule has 1 aromatic rings. The molecule has 1 fully saturated rings. The number of nitrogens with zero attached hydrogens (tertiary/aromatic N) is 1. The van der Waals surface area contributed by atoms with E-state index in [-0.39, 0.29) is 12.1 Å². The maximum atomic E-state index is 12.2. The zero-order chi connectivity index (χ0) is 15.3. The maximum absolute atomic E-state index is 12.2. The van der Waals surface area contributed by atoms with Gasteiger partial charge < -0.3 is 9.84 Å². The van der Waals surface area contributed by atoms with Crippen LogP contribution in [0.4, 0.5) is 0 Å². The third kappa shape index (κ3) is 4.50. The van der Waals surface area contributed by atoms with E-state index < -0.39 is 16.2 Å². The summed E-state index contributed by atoms with van der Waals surface area (Å²) in [5.74, 6) is -1.01. The van der Waals surface area contributed by atoms with Crippen LogP contribution in [0.15, 0.2) is 24.3 Å². The molecule has 0 atom stereocenters. The number of hydrogen-bond donors (Lipinski definition) is 2. The van der Waals surface area contributed by atoms with Crippen molar-refractivity contribution in [1.82, 2.24) is 9.03 Å². The molecule has 1 heterocycles. The van der Waals surface area contributed by atoms with Crippen molar-refractivity contribution in [2.24, 2.45) is 0 Å². The first-order valence-corrected chi connectivity index (χ1v) is 8.08. The first-order valence-electron chi connectivity index (χ1n) is 6.64. The van der Waals surface area contributed by atoms with Gasteiger partial charge in [-0.3, -0.25) is 0 Å². The molecule has 21 heavy (non-hydrogen) atoms. The number of hydrogen-bond acceptors (Lipinski definition) is 4. The summed E-state index contributed by atoms with van der Waals surface area (Å²) in [7, 11) is -3.54. The summed E-state index contributed by atoms with van der Waals surface area (Å²) >= 11 is 0. The van der Waals surface area contributed by atoms with Gasteiger partial charge in [-0.2, -0.15) is 17.4 Å². The molecule has 0 amide bonds. The van der Waals surface area contributed by atoms with Crippen molar-refractivity contribution in [3.63, 3.8) is 0 Å². The number of benzene rings is 1. The molecule has 2 rings (SSSR count). The molecular weight excluding hydrogens is 296 g/mol. The van der Waals surface area contributed by atoms with Gasteiger partial charge in [0.25, 0.3) is 10.2 Å². The van der Waals surface area contributed by atoms with Crippen molar-refractivity contribution < 1.29 is 23.1 Å². The van der Waals surface area contributed by atoms with Crippen molar-refractivity contribution in [2.45, 2.75) is 13.0 Å². The standard InChI is InChI=1S/C13H18N2O5S/c16-13(17)12-4-2-11(3-5-12)10-14-21(18,19)15-6-1-8-20-9-7-15/h2-5,14H,1,6-10H2,(H,16,17). The Kier molecular flexibility index (Phi) is 5.29. The van der Waals surface area contributed by atoms with Crippen LogP contribution in [0.3, 0.4) is 0 Å². The average molecular weight is 314 g/mol. The number of carboxylic acid groups (broad SMARTS) is 1. The molecule has 1 aromatic carbocycles. The molecular formula is C13H18N2O5S. The Labute approximate surface area is 123 Å². The predicted molar refractivity (Wildman–Crippen MR) is 76.2 cm³/mol. The van der Waals surface area contributed by atoms with Crippen LogP contribution in [0.1, 0.15) is 22.3 Å². The van der Waals surface area contributed by atoms with Gasteiger partial charge in [-0.15, -0.1) is 0 Å². The molecule has 7 nitrogen and oxygen atoms in total. The number of aromatic carboxylic acids is 1. The van der Waals surface area contributed by atoms with E-state index in [9.17, 15) is 13.2 Å². The Morgan fingerprint density at radius 2 is 1.95 bits per heavy atom. The third-order valence-corrected chi connectivity index (χ3v) is 4.73. The van der Waals surface area contributed by atoms with Crippen LogP contribution in [0, 0.1) is 0 Å². The molecule has 0 aliphatic carbocycles. The number of rotatable bonds is 5. The fourth-order valence-electron chi connectivity index (χ4n) is 1.99.